The summed E-state index contributed by atoms with van der Waals surface area (Å²) in [6.45, 7) is 5.95. The third kappa shape index (κ3) is 3.21. The van der Waals surface area contributed by atoms with E-state index in [2.05, 4.69) is 6.92 Å². The normalized spacial score (nSPS) is 12.1. The Balaban J connectivity index is 2.38. The number of esters is 1. The predicted molar refractivity (Wildman–Crippen MR) is 55.4 cm³/mol. The summed E-state index contributed by atoms with van der Waals surface area (Å²) in [5, 5.41) is 0. The van der Waals surface area contributed by atoms with Crippen molar-refractivity contribution in [3.8, 4) is 0 Å². The lowest BCUT2D eigenvalue weighted by Gasteiger charge is -2.08. The van der Waals surface area contributed by atoms with Gasteiger partial charge in [-0.3, -0.25) is 4.79 Å². The van der Waals surface area contributed by atoms with Crippen molar-refractivity contribution in [2.75, 3.05) is 0 Å². The van der Waals surface area contributed by atoms with Crippen molar-refractivity contribution < 1.29 is 9.53 Å². The molecule has 2 heteroatoms. The number of benzene rings is 1. The van der Waals surface area contributed by atoms with E-state index in [9.17, 15) is 4.79 Å². The summed E-state index contributed by atoms with van der Waals surface area (Å²) < 4.78 is 5.08. The fourth-order valence-electron chi connectivity index (χ4n) is 1.01. The summed E-state index contributed by atoms with van der Waals surface area (Å²) >= 11 is 0. The molecule has 14 heavy (non-hydrogen) atoms. The number of ether oxygens (including phenoxy) is 1. The zero-order chi connectivity index (χ0) is 10.4. The van der Waals surface area contributed by atoms with Gasteiger partial charge in [0.1, 0.15) is 6.61 Å². The van der Waals surface area contributed by atoms with Gasteiger partial charge in [-0.05, 0) is 18.9 Å². The van der Waals surface area contributed by atoms with Crippen LogP contribution in [-0.4, -0.2) is 5.97 Å². The van der Waals surface area contributed by atoms with E-state index in [0.717, 1.165) is 5.56 Å². The van der Waals surface area contributed by atoms with Gasteiger partial charge in [-0.15, -0.1) is 0 Å². The van der Waals surface area contributed by atoms with Gasteiger partial charge in [-0.1, -0.05) is 37.3 Å². The molecule has 0 amide bonds. The maximum atomic E-state index is 11.3. The van der Waals surface area contributed by atoms with Gasteiger partial charge in [-0.2, -0.15) is 0 Å². The molecule has 1 radical (unpaired) electrons. The number of rotatable bonds is 4. The Morgan fingerprint density at radius 1 is 1.43 bits per heavy atom. The number of carbonyl (C=O) groups excluding carboxylic acids is 1. The van der Waals surface area contributed by atoms with Crippen LogP contribution in [0.15, 0.2) is 30.3 Å². The van der Waals surface area contributed by atoms with Gasteiger partial charge in [0, 0.05) is 0 Å². The molecule has 1 rings (SSSR count). The van der Waals surface area contributed by atoms with Crippen LogP contribution in [0.1, 0.15) is 18.9 Å². The number of hydrogen-bond donors (Lipinski definition) is 0. The summed E-state index contributed by atoms with van der Waals surface area (Å²) in [5.74, 6) is -0.477. The van der Waals surface area contributed by atoms with E-state index >= 15 is 0 Å². The topological polar surface area (TPSA) is 26.3 Å². The summed E-state index contributed by atoms with van der Waals surface area (Å²) in [6.07, 6.45) is 0.716. The Morgan fingerprint density at radius 2 is 2.07 bits per heavy atom. The van der Waals surface area contributed by atoms with Gasteiger partial charge in [0.15, 0.2) is 0 Å². The molecule has 75 valence electrons. The quantitative estimate of drug-likeness (QED) is 0.684. The maximum absolute atomic E-state index is 11.3. The molecule has 1 unspecified atom stereocenters. The van der Waals surface area contributed by atoms with Crippen LogP contribution in [0, 0.1) is 12.8 Å². The van der Waals surface area contributed by atoms with E-state index in [-0.39, 0.29) is 11.9 Å². The third-order valence-electron chi connectivity index (χ3n) is 2.05. The number of carbonyl (C=O) groups is 1. The SMILES string of the molecule is [CH2]C(CC)C(=O)OCc1ccccc1. The van der Waals surface area contributed by atoms with Gasteiger partial charge in [0.05, 0.1) is 5.92 Å². The van der Waals surface area contributed by atoms with Crippen LogP contribution in [0.5, 0.6) is 0 Å². The first kappa shape index (κ1) is 10.8. The van der Waals surface area contributed by atoms with Crippen molar-refractivity contribution in [2.24, 2.45) is 5.92 Å². The van der Waals surface area contributed by atoms with Crippen molar-refractivity contribution in [3.05, 3.63) is 42.8 Å². The Morgan fingerprint density at radius 3 is 2.64 bits per heavy atom. The molecular weight excluding hydrogens is 176 g/mol. The molecule has 0 aliphatic rings. The van der Waals surface area contributed by atoms with Crippen LogP contribution in [0.25, 0.3) is 0 Å². The van der Waals surface area contributed by atoms with Crippen molar-refractivity contribution in [3.63, 3.8) is 0 Å². The molecule has 1 aromatic carbocycles. The first-order chi connectivity index (χ1) is 6.74. The molecule has 1 atom stereocenters. The van der Waals surface area contributed by atoms with Crippen molar-refractivity contribution in [1.29, 1.82) is 0 Å². The first-order valence-electron chi connectivity index (χ1n) is 4.77. The highest BCUT2D eigenvalue weighted by molar-refractivity contribution is 5.72. The van der Waals surface area contributed by atoms with E-state index < -0.39 is 0 Å². The zero-order valence-corrected chi connectivity index (χ0v) is 8.40. The molecule has 0 saturated carbocycles. The first-order valence-corrected chi connectivity index (χ1v) is 4.77. The molecule has 0 N–H and O–H groups in total. The third-order valence-corrected chi connectivity index (χ3v) is 2.05. The van der Waals surface area contributed by atoms with Gasteiger partial charge in [-0.25, -0.2) is 0 Å². The summed E-state index contributed by atoms with van der Waals surface area (Å²) in [4.78, 5) is 11.3. The smallest absolute Gasteiger partial charge is 0.309 e. The minimum Gasteiger partial charge on any atom is -0.461 e. The Kier molecular flexibility index (Phi) is 4.17. The maximum Gasteiger partial charge on any atom is 0.309 e. The van der Waals surface area contributed by atoms with Crippen molar-refractivity contribution in [2.45, 2.75) is 20.0 Å². The molecule has 0 aliphatic heterocycles. The Labute approximate surface area is 84.9 Å². The summed E-state index contributed by atoms with van der Waals surface area (Å²) in [6, 6.07) is 9.63. The van der Waals surface area contributed by atoms with Crippen LogP contribution >= 0.6 is 0 Å². The average molecular weight is 191 g/mol. The molecule has 0 aliphatic carbocycles. The fraction of sp³-hybridized carbons (Fsp3) is 0.333. The average Bonchev–Trinajstić information content (AvgIpc) is 2.26. The predicted octanol–water partition coefficient (Wildman–Crippen LogP) is 2.59. The van der Waals surface area contributed by atoms with Gasteiger partial charge in [0.2, 0.25) is 0 Å². The van der Waals surface area contributed by atoms with Crippen LogP contribution in [0.3, 0.4) is 0 Å². The highest BCUT2D eigenvalue weighted by atomic mass is 16.5. The second kappa shape index (κ2) is 5.43. The highest BCUT2D eigenvalue weighted by Gasteiger charge is 2.11. The van der Waals surface area contributed by atoms with Crippen LogP contribution in [-0.2, 0) is 16.1 Å². The van der Waals surface area contributed by atoms with E-state index in [4.69, 9.17) is 4.74 Å². The number of hydrogen-bond acceptors (Lipinski definition) is 2. The van der Waals surface area contributed by atoms with E-state index in [1.54, 1.807) is 0 Å². The second-order valence-electron chi connectivity index (χ2n) is 3.20. The van der Waals surface area contributed by atoms with Crippen LogP contribution in [0.2, 0.25) is 0 Å². The zero-order valence-electron chi connectivity index (χ0n) is 8.40. The summed E-state index contributed by atoms with van der Waals surface area (Å²) in [7, 11) is 0. The minimum atomic E-state index is -0.251. The van der Waals surface area contributed by atoms with Gasteiger partial charge >= 0.3 is 5.97 Å². The van der Waals surface area contributed by atoms with E-state index in [1.807, 2.05) is 37.3 Å². The lowest BCUT2D eigenvalue weighted by atomic mass is 10.1. The van der Waals surface area contributed by atoms with E-state index in [0.29, 0.717) is 13.0 Å². The fourth-order valence-corrected chi connectivity index (χ4v) is 1.01. The standard InChI is InChI=1S/C12H15O2/c1-3-10(2)12(13)14-9-11-7-5-4-6-8-11/h4-8,10H,2-3,9H2,1H3. The molecule has 0 spiro atoms. The second-order valence-corrected chi connectivity index (χ2v) is 3.20. The van der Waals surface area contributed by atoms with Gasteiger partial charge < -0.3 is 4.74 Å². The molecule has 0 aromatic heterocycles. The molecule has 0 fully saturated rings. The van der Waals surface area contributed by atoms with E-state index in [1.165, 1.54) is 0 Å². The van der Waals surface area contributed by atoms with Gasteiger partial charge in [0.25, 0.3) is 0 Å². The van der Waals surface area contributed by atoms with Crippen LogP contribution < -0.4 is 0 Å². The molecular formula is C12H15O2. The summed E-state index contributed by atoms with van der Waals surface area (Å²) in [5.41, 5.74) is 1.00. The Bertz CT molecular complexity index is 280. The molecule has 0 bridgehead atoms. The molecule has 2 nitrogen and oxygen atoms in total. The lowest BCUT2D eigenvalue weighted by Crippen LogP contribution is -2.13. The largest absolute Gasteiger partial charge is 0.461 e. The molecule has 1 aromatic rings. The Hall–Kier alpha value is -1.31. The minimum absolute atomic E-state index is 0.226. The highest BCUT2D eigenvalue weighted by Crippen LogP contribution is 2.06. The van der Waals surface area contributed by atoms with Crippen molar-refractivity contribution in [1.82, 2.24) is 0 Å². The monoisotopic (exact) mass is 191 g/mol. The lowest BCUT2D eigenvalue weighted by molar-refractivity contribution is -0.148. The molecule has 0 saturated heterocycles. The molecule has 0 heterocycles. The van der Waals surface area contributed by atoms with Crippen molar-refractivity contribution >= 4 is 5.97 Å². The van der Waals surface area contributed by atoms with Crippen LogP contribution in [0.4, 0.5) is 0 Å².